The summed E-state index contributed by atoms with van der Waals surface area (Å²) >= 11 is 1.72. The molecule has 0 saturated carbocycles. The Morgan fingerprint density at radius 2 is 2.03 bits per heavy atom. The number of rotatable bonds is 5. The summed E-state index contributed by atoms with van der Waals surface area (Å²) in [6, 6.07) is 0. The zero-order valence-corrected chi connectivity index (χ0v) is 17.9. The van der Waals surface area contributed by atoms with Gasteiger partial charge in [-0.3, -0.25) is 4.79 Å². The molecule has 8 nitrogen and oxygen atoms in total. The second-order valence-corrected chi connectivity index (χ2v) is 9.76. The van der Waals surface area contributed by atoms with Crippen molar-refractivity contribution in [2.45, 2.75) is 40.0 Å². The minimum Gasteiger partial charge on any atom is -0.395 e. The van der Waals surface area contributed by atoms with E-state index in [1.165, 1.54) is 15.3 Å². The van der Waals surface area contributed by atoms with Gasteiger partial charge < -0.3 is 15.1 Å². The Labute approximate surface area is 173 Å². The summed E-state index contributed by atoms with van der Waals surface area (Å²) in [7, 11) is 0. The van der Waals surface area contributed by atoms with Gasteiger partial charge in [0.25, 0.3) is 5.91 Å². The van der Waals surface area contributed by atoms with Crippen molar-refractivity contribution in [3.8, 4) is 0 Å². The third-order valence-electron chi connectivity index (χ3n) is 5.83. The van der Waals surface area contributed by atoms with E-state index in [2.05, 4.69) is 35.8 Å². The molecule has 0 aromatic carbocycles. The normalized spacial score (nSPS) is 17.1. The van der Waals surface area contributed by atoms with Crippen molar-refractivity contribution in [3.05, 3.63) is 22.6 Å². The van der Waals surface area contributed by atoms with Gasteiger partial charge in [0.1, 0.15) is 11.2 Å². The van der Waals surface area contributed by atoms with E-state index in [4.69, 9.17) is 0 Å². The Balaban J connectivity index is 1.75. The van der Waals surface area contributed by atoms with Crippen LogP contribution in [0.3, 0.4) is 0 Å². The van der Waals surface area contributed by atoms with Crippen molar-refractivity contribution in [2.24, 2.45) is 11.3 Å². The topological polar surface area (TPSA) is 104 Å². The second kappa shape index (κ2) is 7.62. The molecule has 0 aliphatic heterocycles. The maximum absolute atomic E-state index is 12.8. The average molecular weight is 418 g/mol. The van der Waals surface area contributed by atoms with Crippen LogP contribution in [0.5, 0.6) is 0 Å². The van der Waals surface area contributed by atoms with Crippen LogP contribution in [-0.2, 0) is 12.8 Å². The number of amides is 1. The molecule has 3 aromatic heterocycles. The Morgan fingerprint density at radius 1 is 1.31 bits per heavy atom. The smallest absolute Gasteiger partial charge is 0.293 e. The van der Waals surface area contributed by atoms with Gasteiger partial charge >= 0.3 is 0 Å². The van der Waals surface area contributed by atoms with Gasteiger partial charge in [-0.15, -0.1) is 16.4 Å². The summed E-state index contributed by atoms with van der Waals surface area (Å²) in [5, 5.41) is 23.7. The molecule has 4 rings (SSSR count). The largest absolute Gasteiger partial charge is 0.395 e. The van der Waals surface area contributed by atoms with Gasteiger partial charge in [-0.25, -0.2) is 14.5 Å². The molecule has 1 unspecified atom stereocenters. The number of thiophene rings is 1. The molecule has 0 spiro atoms. The summed E-state index contributed by atoms with van der Waals surface area (Å²) in [5.41, 5.74) is 2.21. The number of nitrogens with zero attached hydrogens (tertiary/aromatic N) is 5. The van der Waals surface area contributed by atoms with Gasteiger partial charge in [-0.05, 0) is 36.2 Å². The standard InChI is InChI=1S/C20H27N5O3S/c1-20(2,3)12-4-5-13-14(10-12)29-18-15(13)17-22-16(23-25(17)11-21-18)19(28)24(6-8-26)7-9-27/h11-12,26-27H,4-10H2,1-3H3. The number of carbonyl (C=O) groups is 1. The molecular formula is C20H27N5O3S. The molecule has 1 atom stereocenters. The van der Waals surface area contributed by atoms with Crippen molar-refractivity contribution in [1.29, 1.82) is 0 Å². The predicted molar refractivity (Wildman–Crippen MR) is 111 cm³/mol. The lowest BCUT2D eigenvalue weighted by Gasteiger charge is -2.33. The molecule has 1 aliphatic rings. The van der Waals surface area contributed by atoms with Crippen LogP contribution >= 0.6 is 11.3 Å². The third-order valence-corrected chi connectivity index (χ3v) is 6.99. The molecule has 156 valence electrons. The van der Waals surface area contributed by atoms with Crippen LogP contribution in [0.2, 0.25) is 0 Å². The van der Waals surface area contributed by atoms with Gasteiger partial charge in [-0.1, -0.05) is 20.8 Å². The number of hydrogen-bond acceptors (Lipinski definition) is 7. The van der Waals surface area contributed by atoms with Crippen LogP contribution in [0.4, 0.5) is 0 Å². The Bertz CT molecular complexity index is 1050. The number of aliphatic hydroxyl groups is 2. The molecule has 29 heavy (non-hydrogen) atoms. The first-order valence-electron chi connectivity index (χ1n) is 10.00. The van der Waals surface area contributed by atoms with Gasteiger partial charge in [0.15, 0.2) is 5.65 Å². The van der Waals surface area contributed by atoms with Crippen molar-refractivity contribution < 1.29 is 15.0 Å². The van der Waals surface area contributed by atoms with E-state index in [0.29, 0.717) is 11.6 Å². The first kappa shape index (κ1) is 20.2. The van der Waals surface area contributed by atoms with Crippen molar-refractivity contribution in [1.82, 2.24) is 24.5 Å². The minimum atomic E-state index is -0.401. The Morgan fingerprint density at radius 3 is 2.69 bits per heavy atom. The second-order valence-electron chi connectivity index (χ2n) is 8.68. The number of fused-ring (bicyclic) bond motifs is 5. The van der Waals surface area contributed by atoms with Gasteiger partial charge in [0.05, 0.1) is 18.6 Å². The van der Waals surface area contributed by atoms with E-state index in [-0.39, 0.29) is 37.5 Å². The first-order valence-corrected chi connectivity index (χ1v) is 10.8. The van der Waals surface area contributed by atoms with E-state index in [1.54, 1.807) is 22.2 Å². The lowest BCUT2D eigenvalue weighted by molar-refractivity contribution is 0.0673. The van der Waals surface area contributed by atoms with Crippen LogP contribution in [0.25, 0.3) is 15.9 Å². The Kier molecular flexibility index (Phi) is 5.30. The number of hydrogen-bond donors (Lipinski definition) is 2. The number of carbonyl (C=O) groups excluding carboxylic acids is 1. The quantitative estimate of drug-likeness (QED) is 0.657. The summed E-state index contributed by atoms with van der Waals surface area (Å²) in [6.45, 7) is 6.79. The molecule has 3 aromatic rings. The molecule has 0 saturated heterocycles. The molecule has 9 heteroatoms. The molecule has 0 fully saturated rings. The highest BCUT2D eigenvalue weighted by atomic mass is 32.1. The third kappa shape index (κ3) is 3.62. The van der Waals surface area contributed by atoms with E-state index in [0.717, 1.165) is 29.5 Å². The maximum atomic E-state index is 12.8. The molecule has 3 heterocycles. The minimum absolute atomic E-state index is 0.0597. The first-order chi connectivity index (χ1) is 13.8. The lowest BCUT2D eigenvalue weighted by atomic mass is 9.72. The SMILES string of the molecule is CC(C)(C)C1CCc2c(sc3ncn4nc(C(=O)N(CCO)CCO)nc4c23)C1. The summed E-state index contributed by atoms with van der Waals surface area (Å²) in [5.74, 6) is 0.297. The van der Waals surface area contributed by atoms with Crippen molar-refractivity contribution >= 4 is 33.1 Å². The highest BCUT2D eigenvalue weighted by molar-refractivity contribution is 7.19. The predicted octanol–water partition coefficient (Wildman–Crippen LogP) is 1.92. The monoisotopic (exact) mass is 417 g/mol. The fraction of sp³-hybridized carbons (Fsp3) is 0.600. The summed E-state index contributed by atoms with van der Waals surface area (Å²) in [6.07, 6.45) is 4.76. The van der Waals surface area contributed by atoms with Crippen molar-refractivity contribution in [3.63, 3.8) is 0 Å². The van der Waals surface area contributed by atoms with Gasteiger partial charge in [0.2, 0.25) is 5.82 Å². The average Bonchev–Trinajstić information content (AvgIpc) is 3.26. The molecule has 1 aliphatic carbocycles. The van der Waals surface area contributed by atoms with E-state index in [9.17, 15) is 15.0 Å². The summed E-state index contributed by atoms with van der Waals surface area (Å²) < 4.78 is 1.56. The summed E-state index contributed by atoms with van der Waals surface area (Å²) in [4.78, 5) is 25.5. The molecular weight excluding hydrogens is 390 g/mol. The highest BCUT2D eigenvalue weighted by Crippen LogP contribution is 2.43. The van der Waals surface area contributed by atoms with Crippen LogP contribution in [0.15, 0.2) is 6.33 Å². The van der Waals surface area contributed by atoms with E-state index < -0.39 is 5.91 Å². The van der Waals surface area contributed by atoms with Crippen LogP contribution < -0.4 is 0 Å². The number of aryl methyl sites for hydroxylation is 1. The highest BCUT2D eigenvalue weighted by Gasteiger charge is 2.32. The van der Waals surface area contributed by atoms with Crippen LogP contribution in [0.1, 0.15) is 48.3 Å². The molecule has 2 N–H and O–H groups in total. The number of aliphatic hydroxyl groups excluding tert-OH is 2. The van der Waals surface area contributed by atoms with Gasteiger partial charge in [-0.2, -0.15) is 0 Å². The lowest BCUT2D eigenvalue weighted by Crippen LogP contribution is -2.36. The fourth-order valence-electron chi connectivity index (χ4n) is 4.10. The van der Waals surface area contributed by atoms with E-state index in [1.807, 2.05) is 0 Å². The fourth-order valence-corrected chi connectivity index (χ4v) is 5.36. The molecule has 0 radical (unpaired) electrons. The number of aromatic nitrogens is 4. The zero-order chi connectivity index (χ0) is 20.8. The van der Waals surface area contributed by atoms with Crippen LogP contribution in [-0.4, -0.2) is 66.9 Å². The van der Waals surface area contributed by atoms with Crippen LogP contribution in [0, 0.1) is 11.3 Å². The molecule has 0 bridgehead atoms. The van der Waals surface area contributed by atoms with E-state index >= 15 is 0 Å². The maximum Gasteiger partial charge on any atom is 0.293 e. The zero-order valence-electron chi connectivity index (χ0n) is 17.1. The molecule has 1 amide bonds. The van der Waals surface area contributed by atoms with Crippen molar-refractivity contribution in [2.75, 3.05) is 26.3 Å². The van der Waals surface area contributed by atoms with Gasteiger partial charge in [0, 0.05) is 18.0 Å². The Hall–Kier alpha value is -2.10.